The molecule has 0 aliphatic carbocycles. The van der Waals surface area contributed by atoms with Gasteiger partial charge >= 0.3 is 5.97 Å². The minimum atomic E-state index is -0.426. The van der Waals surface area contributed by atoms with Crippen LogP contribution in [0.1, 0.15) is 22.2 Å². The van der Waals surface area contributed by atoms with Crippen molar-refractivity contribution in [3.63, 3.8) is 0 Å². The molecule has 0 fully saturated rings. The van der Waals surface area contributed by atoms with Gasteiger partial charge in [-0.25, -0.2) is 4.79 Å². The summed E-state index contributed by atoms with van der Waals surface area (Å²) in [5.41, 5.74) is 1.94. The van der Waals surface area contributed by atoms with Crippen molar-refractivity contribution in [3.05, 3.63) is 39.7 Å². The number of carbonyl (C=O) groups is 1. The monoisotopic (exact) mass is 337 g/mol. The summed E-state index contributed by atoms with van der Waals surface area (Å²) >= 11 is 8.75. The normalized spacial score (nSPS) is 10.2. The van der Waals surface area contributed by atoms with E-state index < -0.39 is 5.97 Å². The molecule has 0 aliphatic heterocycles. The third-order valence-electron chi connectivity index (χ3n) is 2.77. The molecule has 1 aromatic heterocycles. The van der Waals surface area contributed by atoms with E-state index in [1.54, 1.807) is 36.0 Å². The third-order valence-corrected chi connectivity index (χ3v) is 5.34. The zero-order valence-electron chi connectivity index (χ0n) is 11.5. The average Bonchev–Trinajstić information content (AvgIpc) is 2.86. The molecule has 21 heavy (non-hydrogen) atoms. The number of thioether (sulfide) groups is 1. The van der Waals surface area contributed by atoms with Gasteiger partial charge in [0.2, 0.25) is 0 Å². The van der Waals surface area contributed by atoms with Crippen molar-refractivity contribution in [1.82, 2.24) is 0 Å². The van der Waals surface area contributed by atoms with Gasteiger partial charge in [-0.3, -0.25) is 0 Å². The van der Waals surface area contributed by atoms with Gasteiger partial charge in [-0.1, -0.05) is 30.7 Å². The summed E-state index contributed by atoms with van der Waals surface area (Å²) in [6.45, 7) is 2.01. The highest BCUT2D eigenvalue weighted by Crippen LogP contribution is 2.42. The quantitative estimate of drug-likeness (QED) is 0.591. The Kier molecular flexibility index (Phi) is 5.29. The second kappa shape index (κ2) is 6.99. The molecule has 0 spiro atoms. The first kappa shape index (κ1) is 15.9. The molecule has 0 unspecified atom stereocenters. The minimum absolute atomic E-state index is 0.426. The molecule has 2 aromatic rings. The number of hydrogen-bond acceptors (Lipinski definition) is 5. The number of benzene rings is 1. The van der Waals surface area contributed by atoms with E-state index in [0.717, 1.165) is 15.5 Å². The summed E-state index contributed by atoms with van der Waals surface area (Å²) in [5, 5.41) is 10.1. The molecule has 1 aromatic carbocycles. The molecule has 0 bridgehead atoms. The standard InChI is InChI=1S/C15H12ClNO2S2/c1-3-20-15-11(8-17)12(13(21-15)14(18)19-2)9-4-6-10(16)7-5-9/h4-7H,3H2,1-2H3. The lowest BCUT2D eigenvalue weighted by Gasteiger charge is -2.04. The molecule has 0 N–H and O–H groups in total. The zero-order valence-corrected chi connectivity index (χ0v) is 13.9. The topological polar surface area (TPSA) is 50.1 Å². The summed E-state index contributed by atoms with van der Waals surface area (Å²) < 4.78 is 5.68. The van der Waals surface area contributed by atoms with Crippen molar-refractivity contribution in [1.29, 1.82) is 5.26 Å². The van der Waals surface area contributed by atoms with Crippen LogP contribution in [0.2, 0.25) is 5.02 Å². The molecular weight excluding hydrogens is 326 g/mol. The summed E-state index contributed by atoms with van der Waals surface area (Å²) in [6, 6.07) is 9.30. The number of methoxy groups -OCH3 is 1. The van der Waals surface area contributed by atoms with Crippen molar-refractivity contribution in [2.24, 2.45) is 0 Å². The Morgan fingerprint density at radius 3 is 2.62 bits per heavy atom. The van der Waals surface area contributed by atoms with E-state index in [2.05, 4.69) is 6.07 Å². The Balaban J connectivity index is 2.68. The molecule has 0 amide bonds. The maximum absolute atomic E-state index is 12.0. The van der Waals surface area contributed by atoms with Crippen LogP contribution in [0.4, 0.5) is 0 Å². The fourth-order valence-corrected chi connectivity index (χ4v) is 4.32. The van der Waals surface area contributed by atoms with Gasteiger partial charge < -0.3 is 4.74 Å². The zero-order chi connectivity index (χ0) is 15.4. The number of esters is 1. The number of nitrogens with zero attached hydrogens (tertiary/aromatic N) is 1. The summed E-state index contributed by atoms with van der Waals surface area (Å²) in [7, 11) is 1.34. The predicted octanol–water partition coefficient (Wildman–Crippen LogP) is 4.84. The SMILES string of the molecule is CCSc1sc(C(=O)OC)c(-c2ccc(Cl)cc2)c1C#N. The van der Waals surface area contributed by atoms with Crippen LogP contribution in [0, 0.1) is 11.3 Å². The highest BCUT2D eigenvalue weighted by Gasteiger charge is 2.24. The van der Waals surface area contributed by atoms with Crippen LogP contribution in [-0.2, 0) is 4.74 Å². The number of halogens is 1. The molecule has 0 atom stereocenters. The summed E-state index contributed by atoms with van der Waals surface area (Å²) in [6.07, 6.45) is 0. The number of hydrogen-bond donors (Lipinski definition) is 0. The Morgan fingerprint density at radius 1 is 1.43 bits per heavy atom. The van der Waals surface area contributed by atoms with Crippen molar-refractivity contribution >= 4 is 40.7 Å². The van der Waals surface area contributed by atoms with E-state index in [-0.39, 0.29) is 0 Å². The number of thiophene rings is 1. The van der Waals surface area contributed by atoms with Crippen molar-refractivity contribution < 1.29 is 9.53 Å². The van der Waals surface area contributed by atoms with Crippen LogP contribution in [0.3, 0.4) is 0 Å². The minimum Gasteiger partial charge on any atom is -0.465 e. The molecular formula is C15H12ClNO2S2. The van der Waals surface area contributed by atoms with E-state index in [0.29, 0.717) is 21.0 Å². The highest BCUT2D eigenvalue weighted by molar-refractivity contribution is 8.01. The fraction of sp³-hybridized carbons (Fsp3) is 0.200. The molecule has 108 valence electrons. The van der Waals surface area contributed by atoms with Gasteiger partial charge in [-0.15, -0.1) is 23.1 Å². The molecule has 6 heteroatoms. The van der Waals surface area contributed by atoms with Crippen LogP contribution in [0.25, 0.3) is 11.1 Å². The van der Waals surface area contributed by atoms with Crippen LogP contribution in [-0.4, -0.2) is 18.8 Å². The second-order valence-corrected chi connectivity index (χ2v) is 7.00. The van der Waals surface area contributed by atoms with Gasteiger partial charge in [-0.05, 0) is 23.4 Å². The van der Waals surface area contributed by atoms with Gasteiger partial charge in [0.05, 0.1) is 16.9 Å². The molecule has 2 rings (SSSR count). The Bertz CT molecular complexity index is 702. The molecule has 0 aliphatic rings. The molecule has 1 heterocycles. The van der Waals surface area contributed by atoms with E-state index in [4.69, 9.17) is 16.3 Å². The van der Waals surface area contributed by atoms with Crippen molar-refractivity contribution in [2.75, 3.05) is 12.9 Å². The second-order valence-electron chi connectivity index (χ2n) is 4.01. The third kappa shape index (κ3) is 3.24. The Labute approximate surface area is 136 Å². The van der Waals surface area contributed by atoms with E-state index >= 15 is 0 Å². The van der Waals surface area contributed by atoms with Gasteiger partial charge in [0.25, 0.3) is 0 Å². The average molecular weight is 338 g/mol. The van der Waals surface area contributed by atoms with Gasteiger partial charge in [0.1, 0.15) is 10.9 Å². The van der Waals surface area contributed by atoms with E-state index in [1.165, 1.54) is 18.4 Å². The molecule has 3 nitrogen and oxygen atoms in total. The largest absolute Gasteiger partial charge is 0.465 e. The predicted molar refractivity (Wildman–Crippen MR) is 87.2 cm³/mol. The van der Waals surface area contributed by atoms with Crippen LogP contribution in [0.15, 0.2) is 28.5 Å². The summed E-state index contributed by atoms with van der Waals surface area (Å²) in [4.78, 5) is 12.5. The van der Waals surface area contributed by atoms with Crippen LogP contribution < -0.4 is 0 Å². The first-order chi connectivity index (χ1) is 10.1. The van der Waals surface area contributed by atoms with Gasteiger partial charge in [-0.2, -0.15) is 5.26 Å². The van der Waals surface area contributed by atoms with Gasteiger partial charge in [0, 0.05) is 10.6 Å². The number of carbonyl (C=O) groups excluding carboxylic acids is 1. The van der Waals surface area contributed by atoms with Crippen molar-refractivity contribution in [3.8, 4) is 17.2 Å². The fourth-order valence-electron chi connectivity index (χ4n) is 1.87. The highest BCUT2D eigenvalue weighted by atomic mass is 35.5. The van der Waals surface area contributed by atoms with E-state index in [9.17, 15) is 10.1 Å². The summed E-state index contributed by atoms with van der Waals surface area (Å²) in [5.74, 6) is 0.403. The Hall–Kier alpha value is -1.48. The van der Waals surface area contributed by atoms with Crippen LogP contribution in [0.5, 0.6) is 0 Å². The first-order valence-electron chi connectivity index (χ1n) is 6.16. The first-order valence-corrected chi connectivity index (χ1v) is 8.34. The van der Waals surface area contributed by atoms with Crippen LogP contribution >= 0.6 is 34.7 Å². The maximum Gasteiger partial charge on any atom is 0.348 e. The molecule has 0 saturated carbocycles. The van der Waals surface area contributed by atoms with Gasteiger partial charge in [0.15, 0.2) is 0 Å². The number of ether oxygens (including phenoxy) is 1. The van der Waals surface area contributed by atoms with E-state index in [1.807, 2.05) is 6.92 Å². The van der Waals surface area contributed by atoms with Crippen molar-refractivity contribution in [2.45, 2.75) is 11.1 Å². The lowest BCUT2D eigenvalue weighted by Crippen LogP contribution is -2.00. The Morgan fingerprint density at radius 2 is 2.10 bits per heavy atom. The number of nitriles is 1. The lowest BCUT2D eigenvalue weighted by atomic mass is 10.0. The smallest absolute Gasteiger partial charge is 0.348 e. The lowest BCUT2D eigenvalue weighted by molar-refractivity contribution is 0.0607. The maximum atomic E-state index is 12.0. The molecule has 0 radical (unpaired) electrons. The number of rotatable bonds is 4. The molecule has 0 saturated heterocycles.